The Morgan fingerprint density at radius 3 is 2.72 bits per heavy atom. The first-order chi connectivity index (χ1) is 12.1. The Morgan fingerprint density at radius 1 is 1.28 bits per heavy atom. The van der Waals surface area contributed by atoms with Crippen LogP contribution < -0.4 is 9.47 Å². The molecule has 6 nitrogen and oxygen atoms in total. The van der Waals surface area contributed by atoms with E-state index in [9.17, 15) is 4.79 Å². The van der Waals surface area contributed by atoms with E-state index in [1.807, 2.05) is 23.1 Å². The number of aromatic nitrogens is 1. The second-order valence-electron chi connectivity index (χ2n) is 6.44. The molecule has 0 spiro atoms. The highest BCUT2D eigenvalue weighted by molar-refractivity contribution is 5.92. The van der Waals surface area contributed by atoms with E-state index in [2.05, 4.69) is 18.8 Å². The van der Waals surface area contributed by atoms with Gasteiger partial charge in [0.05, 0.1) is 7.11 Å². The number of methoxy groups -OCH3 is 1. The number of amides is 1. The number of hydrogen-bond acceptors (Lipinski definition) is 5. The van der Waals surface area contributed by atoms with Crippen LogP contribution >= 0.6 is 0 Å². The molecule has 1 aliphatic heterocycles. The number of rotatable bonds is 5. The molecular formula is C19H24N2O4. The maximum absolute atomic E-state index is 12.7. The zero-order valence-corrected chi connectivity index (χ0v) is 14.9. The molecule has 1 fully saturated rings. The van der Waals surface area contributed by atoms with E-state index in [0.29, 0.717) is 23.1 Å². The van der Waals surface area contributed by atoms with E-state index < -0.39 is 0 Å². The van der Waals surface area contributed by atoms with Gasteiger partial charge in [-0.25, -0.2) is 4.98 Å². The van der Waals surface area contributed by atoms with E-state index in [-0.39, 0.29) is 24.6 Å². The third kappa shape index (κ3) is 3.95. The van der Waals surface area contributed by atoms with E-state index in [1.165, 1.54) is 6.26 Å². The Balaban J connectivity index is 1.64. The quantitative estimate of drug-likeness (QED) is 0.828. The Hall–Kier alpha value is -2.50. The molecule has 3 rings (SSSR count). The van der Waals surface area contributed by atoms with Crippen molar-refractivity contribution in [3.05, 3.63) is 42.1 Å². The molecule has 134 valence electrons. The van der Waals surface area contributed by atoms with Gasteiger partial charge in [-0.05, 0) is 45.2 Å². The average molecular weight is 344 g/mol. The standard InChI is InChI=1S/C19H24N2O4/c1-13-6-4-7-14(2)21(13)19(22)17-11-25-18(20-17)12-24-16-9-5-8-15(10-16)23-3/h5,8-11,13-14H,4,6-7,12H2,1-3H3/t13-,14+. The molecule has 1 aromatic heterocycles. The smallest absolute Gasteiger partial charge is 0.276 e. The van der Waals surface area contributed by atoms with Gasteiger partial charge in [-0.3, -0.25) is 4.79 Å². The molecule has 6 heteroatoms. The van der Waals surface area contributed by atoms with E-state index >= 15 is 0 Å². The first-order valence-corrected chi connectivity index (χ1v) is 8.62. The highest BCUT2D eigenvalue weighted by atomic mass is 16.5. The number of carbonyl (C=O) groups is 1. The summed E-state index contributed by atoms with van der Waals surface area (Å²) in [6, 6.07) is 7.75. The fraction of sp³-hybridized carbons (Fsp3) is 0.474. The molecule has 0 unspecified atom stereocenters. The van der Waals surface area contributed by atoms with Crippen LogP contribution in [-0.2, 0) is 6.61 Å². The van der Waals surface area contributed by atoms with Gasteiger partial charge in [-0.15, -0.1) is 0 Å². The van der Waals surface area contributed by atoms with Crippen molar-refractivity contribution in [2.45, 2.75) is 51.8 Å². The van der Waals surface area contributed by atoms with E-state index in [4.69, 9.17) is 13.9 Å². The average Bonchev–Trinajstić information content (AvgIpc) is 3.09. The number of carbonyl (C=O) groups excluding carboxylic acids is 1. The minimum absolute atomic E-state index is 0.0731. The normalized spacial score (nSPS) is 20.4. The summed E-state index contributed by atoms with van der Waals surface area (Å²) in [5.41, 5.74) is 0.338. The lowest BCUT2D eigenvalue weighted by Gasteiger charge is -2.38. The van der Waals surface area contributed by atoms with Gasteiger partial charge in [-0.2, -0.15) is 0 Å². The SMILES string of the molecule is COc1cccc(OCc2nc(C(=O)N3[C@H](C)CCC[C@@H]3C)co2)c1. The lowest BCUT2D eigenvalue weighted by molar-refractivity contribution is 0.0504. The van der Waals surface area contributed by atoms with Crippen LogP contribution in [-0.4, -0.2) is 35.0 Å². The molecule has 1 aliphatic rings. The molecule has 2 aromatic rings. The molecule has 0 N–H and O–H groups in total. The lowest BCUT2D eigenvalue weighted by Crippen LogP contribution is -2.47. The predicted molar refractivity (Wildman–Crippen MR) is 92.8 cm³/mol. The molecule has 25 heavy (non-hydrogen) atoms. The van der Waals surface area contributed by atoms with Gasteiger partial charge in [0.2, 0.25) is 5.89 Å². The molecule has 0 radical (unpaired) electrons. The van der Waals surface area contributed by atoms with Crippen molar-refractivity contribution in [3.8, 4) is 11.5 Å². The zero-order chi connectivity index (χ0) is 17.8. The van der Waals surface area contributed by atoms with Crippen molar-refractivity contribution in [1.82, 2.24) is 9.88 Å². The summed E-state index contributed by atoms with van der Waals surface area (Å²) in [5, 5.41) is 0. The summed E-state index contributed by atoms with van der Waals surface area (Å²) >= 11 is 0. The first-order valence-electron chi connectivity index (χ1n) is 8.62. The molecule has 1 saturated heterocycles. The Labute approximate surface area is 147 Å². The highest BCUT2D eigenvalue weighted by Crippen LogP contribution is 2.25. The Kier molecular flexibility index (Phi) is 5.26. The highest BCUT2D eigenvalue weighted by Gasteiger charge is 2.31. The molecular weight excluding hydrogens is 320 g/mol. The largest absolute Gasteiger partial charge is 0.497 e. The summed E-state index contributed by atoms with van der Waals surface area (Å²) in [7, 11) is 1.60. The van der Waals surface area contributed by atoms with E-state index in [0.717, 1.165) is 19.3 Å². The van der Waals surface area contributed by atoms with Gasteiger partial charge in [0.15, 0.2) is 12.3 Å². The number of hydrogen-bond donors (Lipinski definition) is 0. The van der Waals surface area contributed by atoms with Crippen LogP contribution in [0.5, 0.6) is 11.5 Å². The third-order valence-electron chi connectivity index (χ3n) is 4.60. The number of ether oxygens (including phenoxy) is 2. The van der Waals surface area contributed by atoms with E-state index in [1.54, 1.807) is 13.2 Å². The van der Waals surface area contributed by atoms with Crippen molar-refractivity contribution in [3.63, 3.8) is 0 Å². The summed E-state index contributed by atoms with van der Waals surface area (Å²) < 4.78 is 16.2. The minimum atomic E-state index is -0.0731. The van der Waals surface area contributed by atoms with Crippen LogP contribution in [0.25, 0.3) is 0 Å². The molecule has 0 aliphatic carbocycles. The van der Waals surface area contributed by atoms with Gasteiger partial charge in [0.1, 0.15) is 17.8 Å². The molecule has 1 aromatic carbocycles. The fourth-order valence-corrected chi connectivity index (χ4v) is 3.27. The lowest BCUT2D eigenvalue weighted by atomic mass is 9.97. The van der Waals surface area contributed by atoms with Crippen LogP contribution in [0, 0.1) is 0 Å². The minimum Gasteiger partial charge on any atom is -0.497 e. The van der Waals surface area contributed by atoms with Crippen molar-refractivity contribution < 1.29 is 18.7 Å². The molecule has 1 amide bonds. The van der Waals surface area contributed by atoms with Gasteiger partial charge in [-0.1, -0.05) is 6.07 Å². The second kappa shape index (κ2) is 7.59. The molecule has 2 heterocycles. The van der Waals surface area contributed by atoms with Crippen LogP contribution in [0.1, 0.15) is 49.5 Å². The Bertz CT molecular complexity index is 718. The van der Waals surface area contributed by atoms with Gasteiger partial charge in [0, 0.05) is 18.2 Å². The van der Waals surface area contributed by atoms with Crippen LogP contribution in [0.3, 0.4) is 0 Å². The maximum Gasteiger partial charge on any atom is 0.276 e. The van der Waals surface area contributed by atoms with Crippen molar-refractivity contribution in [2.75, 3.05) is 7.11 Å². The number of nitrogens with zero attached hydrogens (tertiary/aromatic N) is 2. The van der Waals surface area contributed by atoms with Gasteiger partial charge < -0.3 is 18.8 Å². The molecule has 0 saturated carbocycles. The van der Waals surface area contributed by atoms with Crippen LogP contribution in [0.2, 0.25) is 0 Å². The topological polar surface area (TPSA) is 64.8 Å². The van der Waals surface area contributed by atoms with Gasteiger partial charge in [0.25, 0.3) is 5.91 Å². The first kappa shape index (κ1) is 17.3. The summed E-state index contributed by atoms with van der Waals surface area (Å²) in [5.74, 6) is 1.68. The van der Waals surface area contributed by atoms with Crippen molar-refractivity contribution in [2.24, 2.45) is 0 Å². The van der Waals surface area contributed by atoms with Crippen LogP contribution in [0.15, 0.2) is 34.9 Å². The maximum atomic E-state index is 12.7. The summed E-state index contributed by atoms with van der Waals surface area (Å²) in [6.45, 7) is 4.33. The number of piperidine rings is 1. The van der Waals surface area contributed by atoms with Crippen LogP contribution in [0.4, 0.5) is 0 Å². The summed E-state index contributed by atoms with van der Waals surface area (Å²) in [4.78, 5) is 18.9. The molecule has 2 atom stereocenters. The van der Waals surface area contributed by atoms with Gasteiger partial charge >= 0.3 is 0 Å². The number of likely N-dealkylation sites (tertiary alicyclic amines) is 1. The predicted octanol–water partition coefficient (Wildman–Crippen LogP) is 3.67. The summed E-state index contributed by atoms with van der Waals surface area (Å²) in [6.07, 6.45) is 4.63. The Morgan fingerprint density at radius 2 is 2.00 bits per heavy atom. The molecule has 0 bridgehead atoms. The zero-order valence-electron chi connectivity index (χ0n) is 14.9. The van der Waals surface area contributed by atoms with Crippen molar-refractivity contribution >= 4 is 5.91 Å². The monoisotopic (exact) mass is 344 g/mol. The number of benzene rings is 1. The number of oxazole rings is 1. The third-order valence-corrected chi connectivity index (χ3v) is 4.60. The van der Waals surface area contributed by atoms with Crippen molar-refractivity contribution in [1.29, 1.82) is 0 Å². The fourth-order valence-electron chi connectivity index (χ4n) is 3.27. The second-order valence-corrected chi connectivity index (χ2v) is 6.44.